The van der Waals surface area contributed by atoms with Gasteiger partial charge in [-0.2, -0.15) is 0 Å². The lowest BCUT2D eigenvalue weighted by Crippen LogP contribution is -2.34. The molecule has 0 saturated heterocycles. The minimum Gasteiger partial charge on any atom is -0.350 e. The molecule has 0 aliphatic rings. The highest BCUT2D eigenvalue weighted by atomic mass is 35.5. The van der Waals surface area contributed by atoms with Crippen LogP contribution in [0.1, 0.15) is 41.0 Å². The van der Waals surface area contributed by atoms with Gasteiger partial charge in [-0.15, -0.1) is 0 Å². The minimum atomic E-state index is -0.352. The van der Waals surface area contributed by atoms with Crippen LogP contribution in [0.4, 0.5) is 5.69 Å². The number of thiocarbonyl (C=S) groups is 1. The third-order valence-electron chi connectivity index (χ3n) is 3.71. The molecule has 5 nitrogen and oxygen atoms in total. The van der Waals surface area contributed by atoms with Crippen LogP contribution in [0.5, 0.6) is 0 Å². The van der Waals surface area contributed by atoms with Crippen molar-refractivity contribution in [2.24, 2.45) is 0 Å². The van der Waals surface area contributed by atoms with Crippen molar-refractivity contribution in [1.82, 2.24) is 10.6 Å². The quantitative estimate of drug-likeness (QED) is 0.676. The second-order valence-electron chi connectivity index (χ2n) is 5.78. The Bertz CT molecular complexity index is 809. The summed E-state index contributed by atoms with van der Waals surface area (Å²) in [5, 5.41) is 9.03. The van der Waals surface area contributed by atoms with Crippen molar-refractivity contribution in [2.45, 2.75) is 26.3 Å². The predicted octanol–water partition coefficient (Wildman–Crippen LogP) is 4.00. The first-order chi connectivity index (χ1) is 12.4. The van der Waals surface area contributed by atoms with E-state index in [0.29, 0.717) is 21.8 Å². The van der Waals surface area contributed by atoms with Crippen molar-refractivity contribution in [3.8, 4) is 0 Å². The van der Waals surface area contributed by atoms with E-state index in [4.69, 9.17) is 23.8 Å². The first-order valence-corrected chi connectivity index (χ1v) is 8.96. The fourth-order valence-electron chi connectivity index (χ4n) is 2.08. The average molecular weight is 390 g/mol. The highest BCUT2D eigenvalue weighted by Crippen LogP contribution is 2.12. The number of rotatable bonds is 5. The standard InChI is InChI=1S/C19H20ClN3O2S/c1-3-12(2)21-17(24)13-7-9-16(10-8-13)22-19(26)23-18(25)14-5-4-6-15(20)11-14/h4-12H,3H2,1-2H3,(H,21,24)(H2,22,23,25,26). The monoisotopic (exact) mass is 389 g/mol. The Balaban J connectivity index is 1.93. The highest BCUT2D eigenvalue weighted by Gasteiger charge is 2.10. The lowest BCUT2D eigenvalue weighted by atomic mass is 10.1. The van der Waals surface area contributed by atoms with Crippen molar-refractivity contribution < 1.29 is 9.59 Å². The molecule has 2 rings (SSSR count). The van der Waals surface area contributed by atoms with Gasteiger partial charge in [0.25, 0.3) is 11.8 Å². The number of benzene rings is 2. The molecule has 0 aromatic heterocycles. The second kappa shape index (κ2) is 9.31. The SMILES string of the molecule is CCC(C)NC(=O)c1ccc(NC(=S)NC(=O)c2cccc(Cl)c2)cc1. The van der Waals surface area contributed by atoms with Gasteiger partial charge in [0.05, 0.1) is 0 Å². The molecule has 0 heterocycles. The largest absolute Gasteiger partial charge is 0.350 e. The van der Waals surface area contributed by atoms with Crippen molar-refractivity contribution in [2.75, 3.05) is 5.32 Å². The first-order valence-electron chi connectivity index (χ1n) is 8.18. The van der Waals surface area contributed by atoms with Crippen molar-refractivity contribution >= 4 is 46.4 Å². The number of nitrogens with one attached hydrogen (secondary N) is 3. The maximum atomic E-state index is 12.1. The molecular weight excluding hydrogens is 370 g/mol. The van der Waals surface area contributed by atoms with E-state index in [1.807, 2.05) is 13.8 Å². The Morgan fingerprint density at radius 2 is 1.77 bits per heavy atom. The molecule has 0 spiro atoms. The first kappa shape index (κ1) is 19.9. The maximum absolute atomic E-state index is 12.1. The molecule has 1 unspecified atom stereocenters. The van der Waals surface area contributed by atoms with E-state index in [0.717, 1.165) is 6.42 Å². The molecule has 0 fully saturated rings. The van der Waals surface area contributed by atoms with Crippen LogP contribution in [-0.4, -0.2) is 23.0 Å². The van der Waals surface area contributed by atoms with Gasteiger partial charge in [-0.3, -0.25) is 14.9 Å². The molecule has 2 amide bonds. The second-order valence-corrected chi connectivity index (χ2v) is 6.62. The third-order valence-corrected chi connectivity index (χ3v) is 4.15. The Labute approximate surface area is 163 Å². The van der Waals surface area contributed by atoms with E-state index in [9.17, 15) is 9.59 Å². The number of amides is 2. The maximum Gasteiger partial charge on any atom is 0.257 e. The molecule has 0 saturated carbocycles. The molecule has 7 heteroatoms. The summed E-state index contributed by atoms with van der Waals surface area (Å²) in [5.74, 6) is -0.475. The third kappa shape index (κ3) is 5.82. The number of carbonyl (C=O) groups excluding carboxylic acids is 2. The summed E-state index contributed by atoms with van der Waals surface area (Å²) in [6.45, 7) is 3.96. The van der Waals surface area contributed by atoms with Gasteiger partial charge in [0.2, 0.25) is 0 Å². The summed E-state index contributed by atoms with van der Waals surface area (Å²) in [6, 6.07) is 13.5. The molecule has 3 N–H and O–H groups in total. The fourth-order valence-corrected chi connectivity index (χ4v) is 2.48. The molecule has 1 atom stereocenters. The van der Waals surface area contributed by atoms with Gasteiger partial charge >= 0.3 is 0 Å². The van der Waals surface area contributed by atoms with Crippen LogP contribution in [-0.2, 0) is 0 Å². The Morgan fingerprint density at radius 3 is 2.38 bits per heavy atom. The average Bonchev–Trinajstić information content (AvgIpc) is 2.62. The predicted molar refractivity (Wildman–Crippen MR) is 109 cm³/mol. The van der Waals surface area contributed by atoms with Gasteiger partial charge in [-0.05, 0) is 68.0 Å². The zero-order chi connectivity index (χ0) is 19.1. The van der Waals surface area contributed by atoms with Crippen LogP contribution in [0.2, 0.25) is 5.02 Å². The lowest BCUT2D eigenvalue weighted by molar-refractivity contribution is 0.0937. The van der Waals surface area contributed by atoms with Gasteiger partial charge in [-0.1, -0.05) is 24.6 Å². The van der Waals surface area contributed by atoms with E-state index in [1.54, 1.807) is 48.5 Å². The minimum absolute atomic E-state index is 0.120. The number of anilines is 1. The van der Waals surface area contributed by atoms with Crippen LogP contribution in [0, 0.1) is 0 Å². The number of hydrogen-bond acceptors (Lipinski definition) is 3. The smallest absolute Gasteiger partial charge is 0.257 e. The summed E-state index contributed by atoms with van der Waals surface area (Å²) in [7, 11) is 0. The lowest BCUT2D eigenvalue weighted by Gasteiger charge is -2.12. The molecule has 0 aliphatic carbocycles. The van der Waals surface area contributed by atoms with E-state index < -0.39 is 0 Å². The van der Waals surface area contributed by atoms with Crippen LogP contribution in [0.25, 0.3) is 0 Å². The summed E-state index contributed by atoms with van der Waals surface area (Å²) < 4.78 is 0. The normalized spacial score (nSPS) is 11.3. The van der Waals surface area contributed by atoms with Gasteiger partial charge in [0.15, 0.2) is 5.11 Å². The molecule has 0 aliphatic heterocycles. The highest BCUT2D eigenvalue weighted by molar-refractivity contribution is 7.80. The molecule has 136 valence electrons. The topological polar surface area (TPSA) is 70.2 Å². The van der Waals surface area contributed by atoms with Crippen LogP contribution < -0.4 is 16.0 Å². The zero-order valence-electron chi connectivity index (χ0n) is 14.5. The molecule has 0 bridgehead atoms. The summed E-state index contributed by atoms with van der Waals surface area (Å²) in [4.78, 5) is 24.2. The van der Waals surface area contributed by atoms with Crippen LogP contribution >= 0.6 is 23.8 Å². The molecule has 0 radical (unpaired) electrons. The van der Waals surface area contributed by atoms with Gasteiger partial charge in [-0.25, -0.2) is 0 Å². The van der Waals surface area contributed by atoms with Crippen molar-refractivity contribution in [3.63, 3.8) is 0 Å². The number of halogens is 1. The fraction of sp³-hybridized carbons (Fsp3) is 0.211. The van der Waals surface area contributed by atoms with Crippen molar-refractivity contribution in [3.05, 3.63) is 64.7 Å². The Hall–Kier alpha value is -2.44. The number of hydrogen-bond donors (Lipinski definition) is 3. The van der Waals surface area contributed by atoms with Crippen molar-refractivity contribution in [1.29, 1.82) is 0 Å². The summed E-state index contributed by atoms with van der Waals surface area (Å²) in [6.07, 6.45) is 0.867. The molecule has 26 heavy (non-hydrogen) atoms. The van der Waals surface area contributed by atoms with Crippen LogP contribution in [0.3, 0.4) is 0 Å². The molecular formula is C19H20ClN3O2S. The van der Waals surface area contributed by atoms with Gasteiger partial charge in [0.1, 0.15) is 0 Å². The van der Waals surface area contributed by atoms with Gasteiger partial charge in [0, 0.05) is 27.9 Å². The van der Waals surface area contributed by atoms with E-state index in [1.165, 1.54) is 0 Å². The Morgan fingerprint density at radius 1 is 1.08 bits per heavy atom. The molecule has 2 aromatic rings. The molecule has 2 aromatic carbocycles. The summed E-state index contributed by atoms with van der Waals surface area (Å²) >= 11 is 11.0. The zero-order valence-corrected chi connectivity index (χ0v) is 16.1. The van der Waals surface area contributed by atoms with E-state index in [-0.39, 0.29) is 23.0 Å². The van der Waals surface area contributed by atoms with Crippen LogP contribution in [0.15, 0.2) is 48.5 Å². The van der Waals surface area contributed by atoms with E-state index >= 15 is 0 Å². The van der Waals surface area contributed by atoms with E-state index in [2.05, 4.69) is 16.0 Å². The Kier molecular flexibility index (Phi) is 7.12. The number of carbonyl (C=O) groups is 2. The summed E-state index contributed by atoms with van der Waals surface area (Å²) in [5.41, 5.74) is 1.64. The van der Waals surface area contributed by atoms with Gasteiger partial charge < -0.3 is 10.6 Å².